The van der Waals surface area contributed by atoms with Crippen LogP contribution in [0.2, 0.25) is 0 Å². The van der Waals surface area contributed by atoms with Gasteiger partial charge in [0.05, 0.1) is 17.2 Å². The third kappa shape index (κ3) is 3.48. The average Bonchev–Trinajstić information content (AvgIpc) is 2.45. The van der Waals surface area contributed by atoms with Crippen LogP contribution in [0.1, 0.15) is 16.7 Å². The number of alkyl halides is 3. The molecule has 2 rings (SSSR count). The monoisotopic (exact) mass is 291 g/mol. The second-order valence-electron chi connectivity index (χ2n) is 4.27. The van der Waals surface area contributed by atoms with Crippen molar-refractivity contribution < 1.29 is 17.6 Å². The zero-order chi connectivity index (χ0) is 15.5. The zero-order valence-corrected chi connectivity index (χ0v) is 10.7. The Bertz CT molecular complexity index is 706. The van der Waals surface area contributed by atoms with Crippen molar-refractivity contribution in [2.45, 2.75) is 6.18 Å². The predicted molar refractivity (Wildman–Crippen MR) is 71.3 cm³/mol. The summed E-state index contributed by atoms with van der Waals surface area (Å²) in [5.74, 6) is -0.558. The van der Waals surface area contributed by atoms with E-state index in [1.165, 1.54) is 36.4 Å². The maximum Gasteiger partial charge on any atom is 0.416 e. The molecule has 0 heterocycles. The zero-order valence-electron chi connectivity index (χ0n) is 10.7. The molecule has 0 aromatic heterocycles. The SMILES string of the molecule is N#C/C(=C/c1ccc(C(F)(F)F)cc1)c1ccccc1F. The fourth-order valence-electron chi connectivity index (χ4n) is 1.78. The Labute approximate surface area is 118 Å². The molecule has 0 bridgehead atoms. The summed E-state index contributed by atoms with van der Waals surface area (Å²) in [4.78, 5) is 0. The van der Waals surface area contributed by atoms with Gasteiger partial charge in [0.15, 0.2) is 0 Å². The lowest BCUT2D eigenvalue weighted by atomic mass is 10.0. The largest absolute Gasteiger partial charge is 0.416 e. The number of hydrogen-bond donors (Lipinski definition) is 0. The number of halogens is 4. The molecule has 0 spiro atoms. The van der Waals surface area contributed by atoms with E-state index >= 15 is 0 Å². The first-order chi connectivity index (χ1) is 9.91. The van der Waals surface area contributed by atoms with Gasteiger partial charge in [0.2, 0.25) is 0 Å². The number of nitriles is 1. The van der Waals surface area contributed by atoms with E-state index in [0.29, 0.717) is 5.56 Å². The van der Waals surface area contributed by atoms with Gasteiger partial charge in [0.1, 0.15) is 5.82 Å². The predicted octanol–water partition coefficient (Wildman–Crippen LogP) is 4.91. The van der Waals surface area contributed by atoms with Gasteiger partial charge in [-0.2, -0.15) is 18.4 Å². The second-order valence-corrected chi connectivity index (χ2v) is 4.27. The van der Waals surface area contributed by atoms with Gasteiger partial charge < -0.3 is 0 Å². The Kier molecular flexibility index (Phi) is 4.08. The summed E-state index contributed by atoms with van der Waals surface area (Å²) < 4.78 is 51.0. The van der Waals surface area contributed by atoms with E-state index in [-0.39, 0.29) is 11.1 Å². The minimum atomic E-state index is -4.41. The molecule has 0 radical (unpaired) electrons. The summed E-state index contributed by atoms with van der Waals surface area (Å²) in [6.45, 7) is 0. The van der Waals surface area contributed by atoms with E-state index < -0.39 is 17.6 Å². The van der Waals surface area contributed by atoms with Crippen molar-refractivity contribution in [3.8, 4) is 6.07 Å². The first kappa shape index (κ1) is 14.8. The van der Waals surface area contributed by atoms with E-state index in [4.69, 9.17) is 5.26 Å². The molecule has 2 aromatic carbocycles. The molecular formula is C16H9F4N. The lowest BCUT2D eigenvalue weighted by Gasteiger charge is -2.06. The molecule has 0 aliphatic carbocycles. The smallest absolute Gasteiger partial charge is 0.206 e. The van der Waals surface area contributed by atoms with Crippen molar-refractivity contribution in [2.24, 2.45) is 0 Å². The number of rotatable bonds is 2. The number of benzene rings is 2. The highest BCUT2D eigenvalue weighted by molar-refractivity contribution is 5.89. The highest BCUT2D eigenvalue weighted by Crippen LogP contribution is 2.29. The van der Waals surface area contributed by atoms with Crippen molar-refractivity contribution >= 4 is 11.6 Å². The van der Waals surface area contributed by atoms with Crippen LogP contribution in [0.15, 0.2) is 48.5 Å². The van der Waals surface area contributed by atoms with Gasteiger partial charge in [-0.05, 0) is 29.8 Å². The Morgan fingerprint density at radius 2 is 1.62 bits per heavy atom. The van der Waals surface area contributed by atoms with Crippen molar-refractivity contribution in [1.29, 1.82) is 5.26 Å². The maximum absolute atomic E-state index is 13.6. The molecule has 0 atom stereocenters. The fourth-order valence-corrected chi connectivity index (χ4v) is 1.78. The quantitative estimate of drug-likeness (QED) is 0.438. The fraction of sp³-hybridized carbons (Fsp3) is 0.0625. The molecule has 106 valence electrons. The minimum absolute atomic E-state index is 0.0489. The van der Waals surface area contributed by atoms with Gasteiger partial charge in [-0.3, -0.25) is 0 Å². The Morgan fingerprint density at radius 3 is 2.14 bits per heavy atom. The van der Waals surface area contributed by atoms with Crippen LogP contribution in [-0.2, 0) is 6.18 Å². The molecule has 0 fully saturated rings. The summed E-state index contributed by atoms with van der Waals surface area (Å²) in [5.41, 5.74) is -0.223. The molecule has 0 N–H and O–H groups in total. The Morgan fingerprint density at radius 1 is 1.00 bits per heavy atom. The minimum Gasteiger partial charge on any atom is -0.206 e. The Balaban J connectivity index is 2.38. The molecule has 1 nitrogen and oxygen atoms in total. The van der Waals surface area contributed by atoms with Crippen LogP contribution < -0.4 is 0 Å². The summed E-state index contributed by atoms with van der Waals surface area (Å²) in [6, 6.07) is 11.9. The third-order valence-corrected chi connectivity index (χ3v) is 2.83. The van der Waals surface area contributed by atoms with Crippen molar-refractivity contribution in [3.63, 3.8) is 0 Å². The van der Waals surface area contributed by atoms with Gasteiger partial charge >= 0.3 is 6.18 Å². The molecule has 0 amide bonds. The van der Waals surface area contributed by atoms with Crippen LogP contribution in [0, 0.1) is 17.1 Å². The standard InChI is InChI=1S/C16H9F4N/c17-15-4-2-1-3-14(15)12(10-21)9-11-5-7-13(8-6-11)16(18,19)20/h1-9H/b12-9-. The summed E-state index contributed by atoms with van der Waals surface area (Å²) in [6.07, 6.45) is -3.07. The Hall–Kier alpha value is -2.61. The lowest BCUT2D eigenvalue weighted by Crippen LogP contribution is -2.04. The first-order valence-corrected chi connectivity index (χ1v) is 5.96. The van der Waals surface area contributed by atoms with Crippen LogP contribution in [0.4, 0.5) is 17.6 Å². The van der Waals surface area contributed by atoms with Crippen LogP contribution in [-0.4, -0.2) is 0 Å². The third-order valence-electron chi connectivity index (χ3n) is 2.83. The maximum atomic E-state index is 13.6. The summed E-state index contributed by atoms with van der Waals surface area (Å²) in [5, 5.41) is 9.08. The van der Waals surface area contributed by atoms with Crippen LogP contribution in [0.25, 0.3) is 11.6 Å². The molecule has 5 heteroatoms. The van der Waals surface area contributed by atoms with E-state index in [2.05, 4.69) is 0 Å². The molecule has 0 aliphatic rings. The molecular weight excluding hydrogens is 282 g/mol. The second kappa shape index (κ2) is 5.80. The highest BCUT2D eigenvalue weighted by atomic mass is 19.4. The van der Waals surface area contributed by atoms with Crippen molar-refractivity contribution in [2.75, 3.05) is 0 Å². The normalized spacial score (nSPS) is 12.0. The van der Waals surface area contributed by atoms with Crippen molar-refractivity contribution in [3.05, 3.63) is 71.0 Å². The first-order valence-electron chi connectivity index (χ1n) is 5.96. The van der Waals surface area contributed by atoms with Crippen LogP contribution >= 0.6 is 0 Å². The number of hydrogen-bond acceptors (Lipinski definition) is 1. The molecule has 21 heavy (non-hydrogen) atoms. The van der Waals surface area contributed by atoms with Gasteiger partial charge in [0, 0.05) is 5.56 Å². The molecule has 0 aliphatic heterocycles. The van der Waals surface area contributed by atoms with E-state index in [9.17, 15) is 17.6 Å². The van der Waals surface area contributed by atoms with Gasteiger partial charge in [-0.1, -0.05) is 30.3 Å². The summed E-state index contributed by atoms with van der Waals surface area (Å²) >= 11 is 0. The van der Waals surface area contributed by atoms with Gasteiger partial charge in [-0.25, -0.2) is 4.39 Å². The van der Waals surface area contributed by atoms with Crippen molar-refractivity contribution in [1.82, 2.24) is 0 Å². The topological polar surface area (TPSA) is 23.8 Å². The summed E-state index contributed by atoms with van der Waals surface area (Å²) in [7, 11) is 0. The molecule has 0 unspecified atom stereocenters. The molecule has 0 saturated carbocycles. The lowest BCUT2D eigenvalue weighted by molar-refractivity contribution is -0.137. The van der Waals surface area contributed by atoms with Crippen LogP contribution in [0.5, 0.6) is 0 Å². The number of allylic oxidation sites excluding steroid dienone is 1. The van der Waals surface area contributed by atoms with Gasteiger partial charge in [0.25, 0.3) is 0 Å². The highest BCUT2D eigenvalue weighted by Gasteiger charge is 2.29. The number of nitrogens with zero attached hydrogens (tertiary/aromatic N) is 1. The van der Waals surface area contributed by atoms with Gasteiger partial charge in [-0.15, -0.1) is 0 Å². The van der Waals surface area contributed by atoms with E-state index in [1.807, 2.05) is 6.07 Å². The van der Waals surface area contributed by atoms with Crippen LogP contribution in [0.3, 0.4) is 0 Å². The van der Waals surface area contributed by atoms with E-state index in [0.717, 1.165) is 12.1 Å². The molecule has 0 saturated heterocycles. The van der Waals surface area contributed by atoms with E-state index in [1.54, 1.807) is 6.07 Å². The molecule has 2 aromatic rings. The average molecular weight is 291 g/mol.